The van der Waals surface area contributed by atoms with Crippen LogP contribution in [-0.2, 0) is 9.59 Å². The largest absolute Gasteiger partial charge is 0.508 e. The minimum atomic E-state index is -0.579. The van der Waals surface area contributed by atoms with E-state index >= 15 is 0 Å². The van der Waals surface area contributed by atoms with Crippen LogP contribution in [0.15, 0.2) is 70.9 Å². The zero-order valence-corrected chi connectivity index (χ0v) is 15.4. The van der Waals surface area contributed by atoms with E-state index < -0.39 is 6.04 Å². The second-order valence-corrected chi connectivity index (χ2v) is 7.20. The number of aliphatic imine (C=N–C) groups is 1. The van der Waals surface area contributed by atoms with Gasteiger partial charge in [0.2, 0.25) is 5.91 Å². The third-order valence-corrected chi connectivity index (χ3v) is 5.41. The number of anilines is 1. The molecule has 2 aromatic carbocycles. The number of nitrogens with zero attached hydrogens (tertiary/aromatic N) is 2. The Hall–Kier alpha value is -3.06. The minimum absolute atomic E-state index is 0.0886. The lowest BCUT2D eigenvalue weighted by Gasteiger charge is -2.33. The summed E-state index contributed by atoms with van der Waals surface area (Å²) in [6.45, 7) is 1.78. The van der Waals surface area contributed by atoms with Crippen molar-refractivity contribution in [3.05, 3.63) is 71.4 Å². The van der Waals surface area contributed by atoms with Crippen LogP contribution in [-0.4, -0.2) is 32.7 Å². The highest BCUT2D eigenvalue weighted by Crippen LogP contribution is 2.41. The van der Waals surface area contributed by atoms with E-state index in [-0.39, 0.29) is 17.6 Å². The highest BCUT2D eigenvalue weighted by Gasteiger charge is 2.42. The van der Waals surface area contributed by atoms with Crippen LogP contribution in [0.3, 0.4) is 0 Å². The van der Waals surface area contributed by atoms with Crippen LogP contribution in [0.1, 0.15) is 18.5 Å². The van der Waals surface area contributed by atoms with Crippen LogP contribution in [0.5, 0.6) is 5.75 Å². The Morgan fingerprint density at radius 3 is 2.59 bits per heavy atom. The highest BCUT2D eigenvalue weighted by atomic mass is 32.2. The van der Waals surface area contributed by atoms with E-state index in [1.165, 1.54) is 11.8 Å². The number of allylic oxidation sites excluding steroid dienone is 1. The van der Waals surface area contributed by atoms with Gasteiger partial charge in [-0.1, -0.05) is 42.1 Å². The summed E-state index contributed by atoms with van der Waals surface area (Å²) >= 11 is 1.37. The Kier molecular flexibility index (Phi) is 4.45. The van der Waals surface area contributed by atoms with Gasteiger partial charge >= 0.3 is 0 Å². The number of hydrogen-bond acceptors (Lipinski definition) is 5. The lowest BCUT2D eigenvalue weighted by molar-refractivity contribution is -0.125. The number of hydrogen-bond donors (Lipinski definition) is 2. The van der Waals surface area contributed by atoms with Gasteiger partial charge in [0, 0.05) is 5.69 Å². The van der Waals surface area contributed by atoms with Crippen molar-refractivity contribution in [1.82, 2.24) is 4.90 Å². The molecule has 1 atom stereocenters. The van der Waals surface area contributed by atoms with Crippen molar-refractivity contribution in [3.63, 3.8) is 0 Å². The molecule has 4 rings (SSSR count). The number of thioether (sulfide) groups is 1. The molecule has 7 heteroatoms. The highest BCUT2D eigenvalue weighted by molar-refractivity contribution is 8.15. The van der Waals surface area contributed by atoms with Gasteiger partial charge in [0.1, 0.15) is 5.75 Å². The molecule has 0 bridgehead atoms. The molecule has 0 aromatic heterocycles. The summed E-state index contributed by atoms with van der Waals surface area (Å²) in [7, 11) is 0. The standard InChI is InChI=1S/C20H17N3O3S/c1-12-17(19(26)22-14-5-3-2-4-6-14)18(13-7-9-15(24)10-8-13)23-16(25)11-27-20(23)21-12/h2-10,18,24H,11H2,1H3,(H,22,26)/t18-/m1/s1. The Bertz CT molecular complexity index is 968. The van der Waals surface area contributed by atoms with E-state index in [4.69, 9.17) is 0 Å². The minimum Gasteiger partial charge on any atom is -0.508 e. The molecule has 2 heterocycles. The molecule has 6 nitrogen and oxygen atoms in total. The summed E-state index contributed by atoms with van der Waals surface area (Å²) < 4.78 is 0. The summed E-state index contributed by atoms with van der Waals surface area (Å²) in [5.41, 5.74) is 2.41. The molecule has 27 heavy (non-hydrogen) atoms. The molecule has 2 N–H and O–H groups in total. The lowest BCUT2D eigenvalue weighted by Crippen LogP contribution is -2.40. The molecule has 2 amide bonds. The van der Waals surface area contributed by atoms with Gasteiger partial charge in [0.05, 0.1) is 23.1 Å². The van der Waals surface area contributed by atoms with E-state index in [0.717, 1.165) is 5.56 Å². The third-order valence-electron chi connectivity index (χ3n) is 4.47. The first-order chi connectivity index (χ1) is 13.0. The normalized spacial score (nSPS) is 19.0. The average molecular weight is 379 g/mol. The van der Waals surface area contributed by atoms with Crippen molar-refractivity contribution < 1.29 is 14.7 Å². The first-order valence-corrected chi connectivity index (χ1v) is 9.43. The Balaban J connectivity index is 1.78. The summed E-state index contributed by atoms with van der Waals surface area (Å²) in [4.78, 5) is 31.7. The van der Waals surface area contributed by atoms with E-state index in [0.29, 0.717) is 27.9 Å². The van der Waals surface area contributed by atoms with Crippen LogP contribution in [0, 0.1) is 0 Å². The predicted octanol–water partition coefficient (Wildman–Crippen LogP) is 3.29. The predicted molar refractivity (Wildman–Crippen MR) is 105 cm³/mol. The SMILES string of the molecule is CC1=C(C(=O)Nc2ccccc2)[C@@H](c2ccc(O)cc2)N2C(=O)CSC2=N1. The summed E-state index contributed by atoms with van der Waals surface area (Å²) in [5.74, 6) is 0.0362. The first-order valence-electron chi connectivity index (χ1n) is 8.44. The van der Waals surface area contributed by atoms with Gasteiger partial charge in [-0.2, -0.15) is 0 Å². The molecule has 0 unspecified atom stereocenters. The number of fused-ring (bicyclic) bond motifs is 1. The number of phenolic OH excluding ortho intramolecular Hbond substituents is 1. The second-order valence-electron chi connectivity index (χ2n) is 6.26. The van der Waals surface area contributed by atoms with Crippen molar-refractivity contribution >= 4 is 34.4 Å². The van der Waals surface area contributed by atoms with Crippen molar-refractivity contribution in [2.75, 3.05) is 11.1 Å². The molecule has 136 valence electrons. The molecule has 0 saturated carbocycles. The number of phenols is 1. The van der Waals surface area contributed by atoms with E-state index in [9.17, 15) is 14.7 Å². The van der Waals surface area contributed by atoms with Gasteiger partial charge in [-0.25, -0.2) is 4.99 Å². The molecule has 1 fully saturated rings. The van der Waals surface area contributed by atoms with Crippen molar-refractivity contribution in [2.24, 2.45) is 4.99 Å². The summed E-state index contributed by atoms with van der Waals surface area (Å²) in [5, 5.41) is 13.1. The van der Waals surface area contributed by atoms with E-state index in [2.05, 4.69) is 10.3 Å². The molecule has 0 spiro atoms. The number of carbonyl (C=O) groups is 2. The zero-order chi connectivity index (χ0) is 19.0. The van der Waals surface area contributed by atoms with Crippen LogP contribution >= 0.6 is 11.8 Å². The fourth-order valence-corrected chi connectivity index (χ4v) is 4.16. The van der Waals surface area contributed by atoms with Gasteiger partial charge in [-0.05, 0) is 36.8 Å². The van der Waals surface area contributed by atoms with Crippen LogP contribution in [0.2, 0.25) is 0 Å². The fourth-order valence-electron chi connectivity index (χ4n) is 3.22. The van der Waals surface area contributed by atoms with Gasteiger partial charge < -0.3 is 10.4 Å². The maximum Gasteiger partial charge on any atom is 0.255 e. The Morgan fingerprint density at radius 1 is 1.19 bits per heavy atom. The van der Waals surface area contributed by atoms with Crippen LogP contribution < -0.4 is 5.32 Å². The number of carbonyl (C=O) groups excluding carboxylic acids is 2. The Morgan fingerprint density at radius 2 is 1.89 bits per heavy atom. The Labute approximate surface area is 160 Å². The molecular weight excluding hydrogens is 362 g/mol. The zero-order valence-electron chi connectivity index (χ0n) is 14.5. The van der Waals surface area contributed by atoms with Gasteiger partial charge in [-0.15, -0.1) is 0 Å². The number of amides is 2. The lowest BCUT2D eigenvalue weighted by atomic mass is 9.93. The molecule has 0 radical (unpaired) electrons. The van der Waals surface area contributed by atoms with Gasteiger partial charge in [0.25, 0.3) is 5.91 Å². The molecule has 0 aliphatic carbocycles. The van der Waals surface area contributed by atoms with Crippen molar-refractivity contribution in [3.8, 4) is 5.75 Å². The number of para-hydroxylation sites is 1. The quantitative estimate of drug-likeness (QED) is 0.857. The number of benzene rings is 2. The van der Waals surface area contributed by atoms with Crippen LogP contribution in [0.25, 0.3) is 0 Å². The number of rotatable bonds is 3. The number of nitrogens with one attached hydrogen (secondary N) is 1. The average Bonchev–Trinajstić information content (AvgIpc) is 3.02. The van der Waals surface area contributed by atoms with Gasteiger partial charge in [-0.3, -0.25) is 14.5 Å². The topological polar surface area (TPSA) is 82.0 Å². The van der Waals surface area contributed by atoms with Gasteiger partial charge in [0.15, 0.2) is 5.17 Å². The fraction of sp³-hybridized carbons (Fsp3) is 0.150. The number of amidine groups is 1. The summed E-state index contributed by atoms with van der Waals surface area (Å²) in [6.07, 6.45) is 0. The first kappa shape index (κ1) is 17.4. The summed E-state index contributed by atoms with van der Waals surface area (Å²) in [6, 6.07) is 15.1. The monoisotopic (exact) mass is 379 g/mol. The maximum absolute atomic E-state index is 13.1. The van der Waals surface area contributed by atoms with Crippen molar-refractivity contribution in [2.45, 2.75) is 13.0 Å². The smallest absolute Gasteiger partial charge is 0.255 e. The molecule has 1 saturated heterocycles. The van der Waals surface area contributed by atoms with Crippen LogP contribution in [0.4, 0.5) is 5.69 Å². The molecule has 2 aliphatic rings. The second kappa shape index (κ2) is 6.92. The third kappa shape index (κ3) is 3.21. The molecular formula is C20H17N3O3S. The molecule has 2 aliphatic heterocycles. The van der Waals surface area contributed by atoms with Crippen molar-refractivity contribution in [1.29, 1.82) is 0 Å². The number of aromatic hydroxyl groups is 1. The molecule has 2 aromatic rings. The van der Waals surface area contributed by atoms with E-state index in [1.807, 2.05) is 18.2 Å². The van der Waals surface area contributed by atoms with E-state index in [1.54, 1.807) is 48.2 Å². The maximum atomic E-state index is 13.1.